The number of anilines is 1. The molecule has 7 nitrogen and oxygen atoms in total. The fraction of sp³-hybridized carbons (Fsp3) is 0.524. The van der Waals surface area contributed by atoms with E-state index in [0.717, 1.165) is 44.1 Å². The fourth-order valence-corrected chi connectivity index (χ4v) is 2.64. The van der Waals surface area contributed by atoms with Gasteiger partial charge in [0.1, 0.15) is 11.9 Å². The van der Waals surface area contributed by atoms with Crippen molar-refractivity contribution < 1.29 is 24.5 Å². The molecule has 0 bridgehead atoms. The predicted octanol–water partition coefficient (Wildman–Crippen LogP) is 3.38. The van der Waals surface area contributed by atoms with Crippen LogP contribution >= 0.6 is 0 Å². The Labute approximate surface area is 166 Å². The molecular formula is C21H32N2O5. The van der Waals surface area contributed by atoms with Crippen LogP contribution in [0.3, 0.4) is 0 Å². The first kappa shape index (κ1) is 23.5. The molecule has 0 unspecified atom stereocenters. The van der Waals surface area contributed by atoms with Gasteiger partial charge in [-0.1, -0.05) is 13.8 Å². The molecule has 0 aliphatic carbocycles. The SMILES string of the molecule is CC(C)CCCNc1ccc(OC2CCNCC2)cc1.O=C(O)C=CC(=O)O. The highest BCUT2D eigenvalue weighted by Gasteiger charge is 2.14. The molecule has 2 rings (SSSR count). The molecule has 0 amide bonds. The number of carbonyl (C=O) groups is 2. The summed E-state index contributed by atoms with van der Waals surface area (Å²) in [4.78, 5) is 19.1. The number of nitrogens with one attached hydrogen (secondary N) is 2. The summed E-state index contributed by atoms with van der Waals surface area (Å²) >= 11 is 0. The standard InChI is InChI=1S/C17H28N2O.C4H4O4/c1-14(2)4-3-11-19-15-5-7-16(8-6-15)20-17-9-12-18-13-10-17;5-3(6)1-2-4(7)8/h5-8,14,17-19H,3-4,9-13H2,1-2H3;1-2H,(H,5,6)(H,7,8). The lowest BCUT2D eigenvalue weighted by molar-refractivity contribution is -0.134. The molecule has 7 heteroatoms. The first-order chi connectivity index (χ1) is 13.4. The summed E-state index contributed by atoms with van der Waals surface area (Å²) in [6, 6.07) is 8.39. The highest BCUT2D eigenvalue weighted by molar-refractivity contribution is 5.89. The van der Waals surface area contributed by atoms with E-state index in [1.165, 1.54) is 18.5 Å². The Morgan fingerprint density at radius 2 is 1.71 bits per heavy atom. The van der Waals surface area contributed by atoms with Gasteiger partial charge in [0.2, 0.25) is 0 Å². The third kappa shape index (κ3) is 12.0. The Kier molecular flexibility index (Phi) is 11.4. The van der Waals surface area contributed by atoms with Crippen LogP contribution in [-0.2, 0) is 9.59 Å². The van der Waals surface area contributed by atoms with Gasteiger partial charge in [-0.15, -0.1) is 0 Å². The molecule has 1 aromatic carbocycles. The Bertz CT molecular complexity index is 592. The van der Waals surface area contributed by atoms with Crippen molar-refractivity contribution in [2.24, 2.45) is 5.92 Å². The zero-order valence-corrected chi connectivity index (χ0v) is 16.7. The maximum absolute atomic E-state index is 9.55. The molecule has 0 saturated carbocycles. The third-order valence-corrected chi connectivity index (χ3v) is 4.10. The van der Waals surface area contributed by atoms with Crippen LogP contribution in [0.1, 0.15) is 39.5 Å². The molecule has 0 atom stereocenters. The number of hydrogen-bond acceptors (Lipinski definition) is 5. The molecule has 0 aromatic heterocycles. The second kappa shape index (κ2) is 13.6. The van der Waals surface area contributed by atoms with Crippen LogP contribution in [0, 0.1) is 5.92 Å². The van der Waals surface area contributed by atoms with E-state index in [1.54, 1.807) is 0 Å². The number of carboxylic acid groups (broad SMARTS) is 2. The number of hydrogen-bond donors (Lipinski definition) is 4. The number of piperidine rings is 1. The van der Waals surface area contributed by atoms with E-state index in [4.69, 9.17) is 14.9 Å². The van der Waals surface area contributed by atoms with Crippen molar-refractivity contribution in [2.75, 3.05) is 25.0 Å². The average molecular weight is 392 g/mol. The van der Waals surface area contributed by atoms with Gasteiger partial charge in [0.05, 0.1) is 0 Å². The van der Waals surface area contributed by atoms with Gasteiger partial charge in [-0.25, -0.2) is 9.59 Å². The van der Waals surface area contributed by atoms with Crippen molar-refractivity contribution >= 4 is 17.6 Å². The predicted molar refractivity (Wildman–Crippen MR) is 110 cm³/mol. The highest BCUT2D eigenvalue weighted by Crippen LogP contribution is 2.19. The molecule has 0 radical (unpaired) electrons. The molecule has 4 N–H and O–H groups in total. The van der Waals surface area contributed by atoms with Gasteiger partial charge in [0.15, 0.2) is 0 Å². The lowest BCUT2D eigenvalue weighted by Gasteiger charge is -2.23. The van der Waals surface area contributed by atoms with Crippen LogP contribution in [0.2, 0.25) is 0 Å². The van der Waals surface area contributed by atoms with Crippen LogP contribution in [0.5, 0.6) is 5.75 Å². The number of benzene rings is 1. The van der Waals surface area contributed by atoms with Gasteiger partial charge in [0, 0.05) is 24.4 Å². The first-order valence-corrected chi connectivity index (χ1v) is 9.72. The maximum Gasteiger partial charge on any atom is 0.328 e. The molecule has 1 heterocycles. The van der Waals surface area contributed by atoms with Gasteiger partial charge >= 0.3 is 11.9 Å². The van der Waals surface area contributed by atoms with E-state index in [0.29, 0.717) is 18.3 Å². The molecule has 1 fully saturated rings. The molecule has 1 aliphatic heterocycles. The summed E-state index contributed by atoms with van der Waals surface area (Å²) in [6.07, 6.45) is 6.21. The van der Waals surface area contributed by atoms with Crippen molar-refractivity contribution in [1.82, 2.24) is 5.32 Å². The minimum Gasteiger partial charge on any atom is -0.490 e. The number of aliphatic carboxylic acids is 2. The van der Waals surface area contributed by atoms with Gasteiger partial charge in [0.25, 0.3) is 0 Å². The van der Waals surface area contributed by atoms with E-state index in [1.807, 2.05) is 0 Å². The number of rotatable bonds is 9. The molecule has 1 aromatic rings. The maximum atomic E-state index is 9.55. The Hall–Kier alpha value is -2.54. The summed E-state index contributed by atoms with van der Waals surface area (Å²) in [6.45, 7) is 7.73. The van der Waals surface area contributed by atoms with Crippen LogP contribution < -0.4 is 15.4 Å². The molecule has 1 aliphatic rings. The first-order valence-electron chi connectivity index (χ1n) is 9.72. The fourth-order valence-electron chi connectivity index (χ4n) is 2.64. The summed E-state index contributed by atoms with van der Waals surface area (Å²) in [5.41, 5.74) is 1.19. The smallest absolute Gasteiger partial charge is 0.328 e. The second-order valence-electron chi connectivity index (χ2n) is 7.06. The zero-order chi connectivity index (χ0) is 20.8. The van der Waals surface area contributed by atoms with Crippen molar-refractivity contribution in [3.63, 3.8) is 0 Å². The van der Waals surface area contributed by atoms with E-state index in [-0.39, 0.29) is 0 Å². The molecular weight excluding hydrogens is 360 g/mol. The molecule has 28 heavy (non-hydrogen) atoms. The van der Waals surface area contributed by atoms with Crippen LogP contribution in [0.15, 0.2) is 36.4 Å². The molecule has 1 saturated heterocycles. The Morgan fingerprint density at radius 3 is 2.21 bits per heavy atom. The summed E-state index contributed by atoms with van der Waals surface area (Å²) in [5, 5.41) is 22.4. The topological polar surface area (TPSA) is 108 Å². The van der Waals surface area contributed by atoms with E-state index < -0.39 is 11.9 Å². The second-order valence-corrected chi connectivity index (χ2v) is 7.06. The molecule has 156 valence electrons. The third-order valence-electron chi connectivity index (χ3n) is 4.10. The van der Waals surface area contributed by atoms with E-state index in [9.17, 15) is 9.59 Å². The van der Waals surface area contributed by atoms with Crippen molar-refractivity contribution in [2.45, 2.75) is 45.6 Å². The Balaban J connectivity index is 0.000000416. The highest BCUT2D eigenvalue weighted by atomic mass is 16.5. The largest absolute Gasteiger partial charge is 0.490 e. The van der Waals surface area contributed by atoms with Crippen molar-refractivity contribution in [1.29, 1.82) is 0 Å². The normalized spacial score (nSPS) is 14.4. The minimum absolute atomic E-state index is 0.376. The number of carboxylic acids is 2. The summed E-state index contributed by atoms with van der Waals surface area (Å²) in [7, 11) is 0. The average Bonchev–Trinajstić information content (AvgIpc) is 2.66. The summed E-state index contributed by atoms with van der Waals surface area (Å²) < 4.78 is 6.00. The minimum atomic E-state index is -1.26. The van der Waals surface area contributed by atoms with Gasteiger partial charge in [-0.3, -0.25) is 0 Å². The van der Waals surface area contributed by atoms with Crippen LogP contribution in [0.4, 0.5) is 5.69 Å². The summed E-state index contributed by atoms with van der Waals surface area (Å²) in [5.74, 6) is -0.734. The van der Waals surface area contributed by atoms with E-state index in [2.05, 4.69) is 48.7 Å². The van der Waals surface area contributed by atoms with Gasteiger partial charge < -0.3 is 25.6 Å². The quantitative estimate of drug-likeness (QED) is 0.377. The number of ether oxygens (including phenoxy) is 1. The Morgan fingerprint density at radius 1 is 1.14 bits per heavy atom. The van der Waals surface area contributed by atoms with Crippen molar-refractivity contribution in [3.05, 3.63) is 36.4 Å². The van der Waals surface area contributed by atoms with Gasteiger partial charge in [-0.05, 0) is 69.0 Å². The van der Waals surface area contributed by atoms with Crippen LogP contribution in [0.25, 0.3) is 0 Å². The van der Waals surface area contributed by atoms with Gasteiger partial charge in [-0.2, -0.15) is 0 Å². The zero-order valence-electron chi connectivity index (χ0n) is 16.7. The monoisotopic (exact) mass is 392 g/mol. The van der Waals surface area contributed by atoms with E-state index >= 15 is 0 Å². The van der Waals surface area contributed by atoms with Crippen molar-refractivity contribution in [3.8, 4) is 5.75 Å². The van der Waals surface area contributed by atoms with Crippen LogP contribution in [-0.4, -0.2) is 47.9 Å². The lowest BCUT2D eigenvalue weighted by atomic mass is 10.1. The lowest BCUT2D eigenvalue weighted by Crippen LogP contribution is -2.34. The molecule has 0 spiro atoms.